The van der Waals surface area contributed by atoms with E-state index < -0.39 is 0 Å². The third-order valence-electron chi connectivity index (χ3n) is 2.18. The highest BCUT2D eigenvalue weighted by Crippen LogP contribution is 2.07. The Bertz CT molecular complexity index is 535. The molecule has 0 bridgehead atoms. The zero-order valence-corrected chi connectivity index (χ0v) is 11.8. The molecule has 2 aromatic heterocycles. The lowest BCUT2D eigenvalue weighted by Gasteiger charge is -2.04. The van der Waals surface area contributed by atoms with Crippen molar-refractivity contribution in [3.05, 3.63) is 23.9 Å². The Hall–Kier alpha value is -2.12. The van der Waals surface area contributed by atoms with Gasteiger partial charge >= 0.3 is 0 Å². The van der Waals surface area contributed by atoms with Gasteiger partial charge in [0.05, 0.1) is 5.69 Å². The summed E-state index contributed by atoms with van der Waals surface area (Å²) in [5, 5.41) is 11.7. The van der Waals surface area contributed by atoms with Crippen LogP contribution in [0.5, 0.6) is 0 Å². The summed E-state index contributed by atoms with van der Waals surface area (Å²) in [6.45, 7) is 6.01. The molecule has 8 heteroatoms. The minimum absolute atomic E-state index is 0. The zero-order chi connectivity index (χ0) is 13.5. The molecule has 0 fully saturated rings. The van der Waals surface area contributed by atoms with E-state index in [9.17, 15) is 0 Å². The SMILES string of the molecule is CC.CCc1nc(C(N)=NNC)cn2cnnc12.[B]. The molecule has 2 rings (SSSR count). The third-order valence-corrected chi connectivity index (χ3v) is 2.18. The van der Waals surface area contributed by atoms with Crippen molar-refractivity contribution in [1.29, 1.82) is 0 Å². The van der Waals surface area contributed by atoms with E-state index in [1.807, 2.05) is 20.8 Å². The normalized spacial score (nSPS) is 10.4. The highest BCUT2D eigenvalue weighted by atomic mass is 15.3. The number of hydrogen-bond donors (Lipinski definition) is 2. The lowest BCUT2D eigenvalue weighted by Crippen LogP contribution is -2.20. The van der Waals surface area contributed by atoms with E-state index >= 15 is 0 Å². The van der Waals surface area contributed by atoms with E-state index in [1.165, 1.54) is 0 Å². The molecule has 19 heavy (non-hydrogen) atoms. The number of fused-ring (bicyclic) bond motifs is 1. The molecule has 0 aromatic carbocycles. The number of nitrogens with two attached hydrogens (primary N) is 1. The first-order valence-electron chi connectivity index (χ1n) is 5.95. The van der Waals surface area contributed by atoms with E-state index in [-0.39, 0.29) is 8.41 Å². The topological polar surface area (TPSA) is 93.5 Å². The molecule has 0 aliphatic rings. The highest BCUT2D eigenvalue weighted by molar-refractivity contribution is 5.95. The largest absolute Gasteiger partial charge is 0.380 e. The van der Waals surface area contributed by atoms with Crippen LogP contribution in [0.3, 0.4) is 0 Å². The number of rotatable bonds is 3. The van der Waals surface area contributed by atoms with Crippen molar-refractivity contribution in [2.75, 3.05) is 7.05 Å². The van der Waals surface area contributed by atoms with Gasteiger partial charge in [0.1, 0.15) is 12.0 Å². The van der Waals surface area contributed by atoms with E-state index in [1.54, 1.807) is 24.0 Å². The Morgan fingerprint density at radius 2 is 2.16 bits per heavy atom. The minimum Gasteiger partial charge on any atom is -0.380 e. The standard InChI is InChI=1S/C9H13N7.C2H6.B/c1-3-6-9-15-12-5-16(9)4-7(13-6)8(10)14-11-2;1-2;/h4-5,11H,3H2,1-2H3,(H2,10,14);1-2H3;. The first-order chi connectivity index (χ1) is 8.76. The summed E-state index contributed by atoms with van der Waals surface area (Å²) in [6, 6.07) is 0. The van der Waals surface area contributed by atoms with Gasteiger partial charge in [-0.1, -0.05) is 20.8 Å². The quantitative estimate of drug-likeness (QED) is 0.355. The predicted molar refractivity (Wildman–Crippen MR) is 77.0 cm³/mol. The lowest BCUT2D eigenvalue weighted by molar-refractivity contribution is 0.891. The van der Waals surface area contributed by atoms with Crippen molar-refractivity contribution in [2.45, 2.75) is 27.2 Å². The van der Waals surface area contributed by atoms with Gasteiger partial charge in [0.25, 0.3) is 0 Å². The molecule has 3 N–H and O–H groups in total. The van der Waals surface area contributed by atoms with Gasteiger partial charge in [0.2, 0.25) is 0 Å². The van der Waals surface area contributed by atoms with Crippen molar-refractivity contribution in [3.8, 4) is 0 Å². The smallest absolute Gasteiger partial charge is 0.182 e. The van der Waals surface area contributed by atoms with Gasteiger partial charge < -0.3 is 11.2 Å². The van der Waals surface area contributed by atoms with E-state index in [0.29, 0.717) is 11.5 Å². The lowest BCUT2D eigenvalue weighted by atomic mass is 10.3. The van der Waals surface area contributed by atoms with Crippen LogP contribution in [-0.4, -0.2) is 40.9 Å². The number of nitrogens with zero attached hydrogens (tertiary/aromatic N) is 5. The molecule has 0 aliphatic carbocycles. The second-order valence-corrected chi connectivity index (χ2v) is 3.21. The van der Waals surface area contributed by atoms with Crippen LogP contribution in [-0.2, 0) is 6.42 Å². The summed E-state index contributed by atoms with van der Waals surface area (Å²) in [5.41, 5.74) is 10.6. The molecular formula is C11H19BN7. The van der Waals surface area contributed by atoms with Crippen molar-refractivity contribution in [1.82, 2.24) is 25.0 Å². The van der Waals surface area contributed by atoms with E-state index in [4.69, 9.17) is 5.73 Å². The van der Waals surface area contributed by atoms with Gasteiger partial charge in [0, 0.05) is 21.7 Å². The average molecular weight is 260 g/mol. The van der Waals surface area contributed by atoms with Crippen LogP contribution in [0, 0.1) is 0 Å². The Labute approximate surface area is 114 Å². The summed E-state index contributed by atoms with van der Waals surface area (Å²) < 4.78 is 1.79. The molecule has 0 amide bonds. The number of aromatic nitrogens is 4. The number of nitrogens with one attached hydrogen (secondary N) is 1. The van der Waals surface area contributed by atoms with Crippen molar-refractivity contribution < 1.29 is 0 Å². The second-order valence-electron chi connectivity index (χ2n) is 3.21. The van der Waals surface area contributed by atoms with Crippen molar-refractivity contribution in [2.24, 2.45) is 10.8 Å². The van der Waals surface area contributed by atoms with Gasteiger partial charge in [0.15, 0.2) is 11.5 Å². The van der Waals surface area contributed by atoms with Crippen molar-refractivity contribution in [3.63, 3.8) is 0 Å². The Balaban J connectivity index is 0.00000103. The van der Waals surface area contributed by atoms with Gasteiger partial charge in [-0.25, -0.2) is 4.98 Å². The molecule has 0 saturated carbocycles. The maximum atomic E-state index is 5.76. The van der Waals surface area contributed by atoms with Crippen LogP contribution < -0.4 is 11.2 Å². The molecule has 2 aromatic rings. The summed E-state index contributed by atoms with van der Waals surface area (Å²) in [7, 11) is 1.69. The highest BCUT2D eigenvalue weighted by Gasteiger charge is 2.08. The van der Waals surface area contributed by atoms with Gasteiger partial charge in [-0.15, -0.1) is 10.2 Å². The number of amidine groups is 1. The molecule has 0 spiro atoms. The molecular weight excluding hydrogens is 241 g/mol. The monoisotopic (exact) mass is 260 g/mol. The molecule has 3 radical (unpaired) electrons. The fourth-order valence-corrected chi connectivity index (χ4v) is 1.44. The molecule has 0 unspecified atom stereocenters. The zero-order valence-electron chi connectivity index (χ0n) is 11.8. The second kappa shape index (κ2) is 8.07. The average Bonchev–Trinajstić information content (AvgIpc) is 2.88. The fraction of sp³-hybridized carbons (Fsp3) is 0.455. The van der Waals surface area contributed by atoms with Crippen LogP contribution in [0.4, 0.5) is 0 Å². The van der Waals surface area contributed by atoms with Gasteiger partial charge in [-0.05, 0) is 6.42 Å². The van der Waals surface area contributed by atoms with Gasteiger partial charge in [-0.3, -0.25) is 4.40 Å². The Morgan fingerprint density at radius 1 is 1.47 bits per heavy atom. The van der Waals surface area contributed by atoms with E-state index in [2.05, 4.69) is 25.7 Å². The van der Waals surface area contributed by atoms with Crippen LogP contribution in [0.1, 0.15) is 32.2 Å². The number of aryl methyl sites for hydroxylation is 1. The Kier molecular flexibility index (Phi) is 7.17. The summed E-state index contributed by atoms with van der Waals surface area (Å²) >= 11 is 0. The fourth-order valence-electron chi connectivity index (χ4n) is 1.44. The molecule has 0 atom stereocenters. The predicted octanol–water partition coefficient (Wildman–Crippen LogP) is 0.172. The third kappa shape index (κ3) is 3.67. The minimum atomic E-state index is 0. The Morgan fingerprint density at radius 3 is 2.74 bits per heavy atom. The maximum absolute atomic E-state index is 5.76. The summed E-state index contributed by atoms with van der Waals surface area (Å²) in [6.07, 6.45) is 4.14. The van der Waals surface area contributed by atoms with Crippen LogP contribution in [0.25, 0.3) is 5.65 Å². The van der Waals surface area contributed by atoms with Crippen LogP contribution in [0.15, 0.2) is 17.6 Å². The summed E-state index contributed by atoms with van der Waals surface area (Å²) in [4.78, 5) is 4.39. The van der Waals surface area contributed by atoms with Gasteiger partial charge in [-0.2, -0.15) is 5.10 Å². The molecule has 2 heterocycles. The summed E-state index contributed by atoms with van der Waals surface area (Å²) in [5.74, 6) is 0.341. The molecule has 0 aliphatic heterocycles. The van der Waals surface area contributed by atoms with E-state index in [0.717, 1.165) is 17.8 Å². The molecule has 0 saturated heterocycles. The number of hydrazone groups is 1. The van der Waals surface area contributed by atoms with Crippen LogP contribution in [0.2, 0.25) is 0 Å². The maximum Gasteiger partial charge on any atom is 0.182 e. The van der Waals surface area contributed by atoms with Crippen LogP contribution >= 0.6 is 0 Å². The molecule has 7 nitrogen and oxygen atoms in total. The molecule has 101 valence electrons. The van der Waals surface area contributed by atoms with Crippen molar-refractivity contribution >= 4 is 19.9 Å². The first-order valence-corrected chi connectivity index (χ1v) is 5.95. The number of hydrogen-bond acceptors (Lipinski definition) is 5. The first kappa shape index (κ1) is 16.9.